The van der Waals surface area contributed by atoms with Crippen LogP contribution in [0.25, 0.3) is 0 Å². The highest BCUT2D eigenvalue weighted by molar-refractivity contribution is 5.69. The molecule has 0 aliphatic heterocycles. The highest BCUT2D eigenvalue weighted by Crippen LogP contribution is 2.37. The Morgan fingerprint density at radius 1 is 1.47 bits per heavy atom. The van der Waals surface area contributed by atoms with E-state index in [0.717, 1.165) is 30.9 Å². The number of allylic oxidation sites excluding steroid dienone is 4. The third-order valence-electron chi connectivity index (χ3n) is 3.36. The van der Waals surface area contributed by atoms with Gasteiger partial charge in [0.2, 0.25) is 0 Å². The minimum atomic E-state index is -0.245. The van der Waals surface area contributed by atoms with E-state index in [1.165, 1.54) is 7.11 Å². The van der Waals surface area contributed by atoms with Crippen molar-refractivity contribution < 1.29 is 14.4 Å². The van der Waals surface area contributed by atoms with Crippen molar-refractivity contribution in [3.63, 3.8) is 0 Å². The van der Waals surface area contributed by atoms with E-state index in [1.54, 1.807) is 0 Å². The summed E-state index contributed by atoms with van der Waals surface area (Å²) in [6.45, 7) is 0.345. The van der Waals surface area contributed by atoms with Gasteiger partial charge in [-0.05, 0) is 31.1 Å². The number of hydrogen-bond acceptors (Lipinski definition) is 4. The van der Waals surface area contributed by atoms with Crippen molar-refractivity contribution in [2.24, 2.45) is 11.8 Å². The molecule has 0 aromatic rings. The van der Waals surface area contributed by atoms with Crippen molar-refractivity contribution in [2.75, 3.05) is 13.7 Å². The zero-order valence-corrected chi connectivity index (χ0v) is 10.1. The van der Waals surface area contributed by atoms with Gasteiger partial charge < -0.3 is 4.74 Å². The van der Waals surface area contributed by atoms with Crippen LogP contribution in [0.3, 0.4) is 0 Å². The smallest absolute Gasteiger partial charge is 0.307 e. The van der Waals surface area contributed by atoms with Crippen LogP contribution in [0, 0.1) is 11.8 Å². The molecule has 0 saturated heterocycles. The van der Waals surface area contributed by atoms with Crippen molar-refractivity contribution >= 4 is 5.97 Å². The molecule has 1 N–H and O–H groups in total. The van der Waals surface area contributed by atoms with Gasteiger partial charge in [-0.2, -0.15) is 0 Å². The standard InChI is InChI=1S/C13H19NO3/c1-16-13(15)6-7-17-14-12-8-10-4-2-3-5-11(10)9-12/h2-3,8,10-11,14H,4-7,9H2,1H3/t10-,11+/m0/s1. The van der Waals surface area contributed by atoms with E-state index < -0.39 is 0 Å². The number of ether oxygens (including phenoxy) is 1. The van der Waals surface area contributed by atoms with Gasteiger partial charge in [0.25, 0.3) is 0 Å². The molecule has 0 spiro atoms. The Balaban J connectivity index is 1.66. The van der Waals surface area contributed by atoms with Crippen molar-refractivity contribution in [3.8, 4) is 0 Å². The van der Waals surface area contributed by atoms with Crippen molar-refractivity contribution in [1.29, 1.82) is 0 Å². The molecule has 4 heteroatoms. The Bertz CT molecular complexity index is 336. The van der Waals surface area contributed by atoms with Gasteiger partial charge in [-0.1, -0.05) is 18.2 Å². The maximum Gasteiger partial charge on any atom is 0.307 e. The number of carbonyl (C=O) groups is 1. The zero-order valence-electron chi connectivity index (χ0n) is 10.1. The number of methoxy groups -OCH3 is 1. The minimum Gasteiger partial charge on any atom is -0.469 e. The maximum atomic E-state index is 10.9. The molecule has 4 nitrogen and oxygen atoms in total. The first-order valence-electron chi connectivity index (χ1n) is 6.10. The van der Waals surface area contributed by atoms with Gasteiger partial charge in [-0.3, -0.25) is 15.1 Å². The van der Waals surface area contributed by atoms with Crippen LogP contribution in [0.15, 0.2) is 23.9 Å². The van der Waals surface area contributed by atoms with E-state index in [1.807, 2.05) is 0 Å². The van der Waals surface area contributed by atoms with Crippen molar-refractivity contribution in [1.82, 2.24) is 5.48 Å². The van der Waals surface area contributed by atoms with Gasteiger partial charge in [-0.15, -0.1) is 0 Å². The quantitative estimate of drug-likeness (QED) is 0.343. The average Bonchev–Trinajstić information content (AvgIpc) is 2.76. The molecule has 0 radical (unpaired) electrons. The molecule has 2 aliphatic carbocycles. The first-order valence-corrected chi connectivity index (χ1v) is 6.10. The van der Waals surface area contributed by atoms with E-state index in [-0.39, 0.29) is 12.4 Å². The summed E-state index contributed by atoms with van der Waals surface area (Å²) in [6, 6.07) is 0. The van der Waals surface area contributed by atoms with Crippen LogP contribution >= 0.6 is 0 Å². The monoisotopic (exact) mass is 237 g/mol. The van der Waals surface area contributed by atoms with Crippen LogP contribution in [0.1, 0.15) is 25.7 Å². The van der Waals surface area contributed by atoms with Crippen molar-refractivity contribution in [3.05, 3.63) is 23.9 Å². The van der Waals surface area contributed by atoms with Gasteiger partial charge in [-0.25, -0.2) is 0 Å². The van der Waals surface area contributed by atoms with Crippen LogP contribution in [-0.2, 0) is 14.4 Å². The van der Waals surface area contributed by atoms with E-state index in [0.29, 0.717) is 12.5 Å². The van der Waals surface area contributed by atoms with E-state index in [4.69, 9.17) is 4.84 Å². The molecule has 94 valence electrons. The summed E-state index contributed by atoms with van der Waals surface area (Å²) in [6.07, 6.45) is 10.4. The molecule has 0 fully saturated rings. The third kappa shape index (κ3) is 3.33. The predicted molar refractivity (Wildman–Crippen MR) is 63.8 cm³/mol. The maximum absolute atomic E-state index is 10.9. The summed E-state index contributed by atoms with van der Waals surface area (Å²) >= 11 is 0. The summed E-state index contributed by atoms with van der Waals surface area (Å²) in [5.74, 6) is 1.14. The van der Waals surface area contributed by atoms with Crippen LogP contribution in [0.2, 0.25) is 0 Å². The average molecular weight is 237 g/mol. The van der Waals surface area contributed by atoms with Gasteiger partial charge in [0.05, 0.1) is 20.1 Å². The van der Waals surface area contributed by atoms with E-state index >= 15 is 0 Å². The molecule has 0 aromatic carbocycles. The lowest BCUT2D eigenvalue weighted by molar-refractivity contribution is -0.142. The second-order valence-electron chi connectivity index (χ2n) is 4.54. The number of rotatable bonds is 5. The van der Waals surface area contributed by atoms with Gasteiger partial charge in [0, 0.05) is 5.70 Å². The number of fused-ring (bicyclic) bond motifs is 1. The second kappa shape index (κ2) is 5.87. The fourth-order valence-electron chi connectivity index (χ4n) is 2.40. The Labute approximate surface area is 102 Å². The number of carbonyl (C=O) groups excluding carboxylic acids is 1. The number of nitrogens with one attached hydrogen (secondary N) is 1. The summed E-state index contributed by atoms with van der Waals surface area (Å²) in [5, 5.41) is 0. The predicted octanol–water partition coefficient (Wildman–Crippen LogP) is 1.94. The van der Waals surface area contributed by atoms with E-state index in [9.17, 15) is 4.79 Å². The molecule has 0 bridgehead atoms. The fourth-order valence-corrected chi connectivity index (χ4v) is 2.40. The van der Waals surface area contributed by atoms with Crippen LogP contribution in [0.5, 0.6) is 0 Å². The summed E-state index contributed by atoms with van der Waals surface area (Å²) < 4.78 is 4.53. The van der Waals surface area contributed by atoms with Gasteiger partial charge >= 0.3 is 5.97 Å². The Morgan fingerprint density at radius 3 is 3.06 bits per heavy atom. The second-order valence-corrected chi connectivity index (χ2v) is 4.54. The topological polar surface area (TPSA) is 47.6 Å². The van der Waals surface area contributed by atoms with E-state index in [2.05, 4.69) is 28.4 Å². The molecule has 2 atom stereocenters. The summed E-state index contributed by atoms with van der Waals surface area (Å²) in [5.41, 5.74) is 4.09. The first kappa shape index (κ1) is 12.2. The molecule has 0 saturated carbocycles. The Morgan fingerprint density at radius 2 is 2.29 bits per heavy atom. The Kier molecular flexibility index (Phi) is 4.20. The minimum absolute atomic E-state index is 0.245. The largest absolute Gasteiger partial charge is 0.469 e. The molecular weight excluding hydrogens is 218 g/mol. The highest BCUT2D eigenvalue weighted by atomic mass is 16.6. The molecule has 2 aliphatic rings. The lowest BCUT2D eigenvalue weighted by atomic mass is 9.86. The fraction of sp³-hybridized carbons (Fsp3) is 0.615. The molecule has 0 unspecified atom stereocenters. The normalized spacial score (nSPS) is 26.3. The lowest BCUT2D eigenvalue weighted by Gasteiger charge is -2.19. The summed E-state index contributed by atoms with van der Waals surface area (Å²) in [4.78, 5) is 16.1. The Hall–Kier alpha value is -1.29. The SMILES string of the molecule is COC(=O)CCONC1=C[C@@H]2CC=CC[C@@H]2C1. The van der Waals surface area contributed by atoms with Crippen molar-refractivity contribution in [2.45, 2.75) is 25.7 Å². The lowest BCUT2D eigenvalue weighted by Crippen LogP contribution is -2.17. The molecule has 2 rings (SSSR count). The first-order chi connectivity index (χ1) is 8.29. The van der Waals surface area contributed by atoms with Gasteiger partial charge in [0.1, 0.15) is 0 Å². The number of hydroxylamine groups is 1. The molecule has 0 amide bonds. The van der Waals surface area contributed by atoms with Crippen LogP contribution in [-0.4, -0.2) is 19.7 Å². The molecule has 0 aromatic heterocycles. The van der Waals surface area contributed by atoms with Crippen LogP contribution in [0.4, 0.5) is 0 Å². The zero-order chi connectivity index (χ0) is 12.1. The van der Waals surface area contributed by atoms with Crippen LogP contribution < -0.4 is 5.48 Å². The number of hydrogen-bond donors (Lipinski definition) is 1. The summed E-state index contributed by atoms with van der Waals surface area (Å²) in [7, 11) is 1.38. The molecule has 17 heavy (non-hydrogen) atoms. The number of esters is 1. The molecule has 0 heterocycles. The van der Waals surface area contributed by atoms with Gasteiger partial charge in [0.15, 0.2) is 0 Å². The third-order valence-corrected chi connectivity index (χ3v) is 3.36. The highest BCUT2D eigenvalue weighted by Gasteiger charge is 2.27. The molecular formula is C13H19NO3.